The van der Waals surface area contributed by atoms with Crippen LogP contribution < -0.4 is 16.6 Å². The lowest BCUT2D eigenvalue weighted by atomic mass is 10.1. The van der Waals surface area contributed by atoms with Crippen molar-refractivity contribution in [3.63, 3.8) is 0 Å². The molecule has 0 atom stereocenters. The van der Waals surface area contributed by atoms with Crippen molar-refractivity contribution in [2.24, 2.45) is 5.84 Å². The van der Waals surface area contributed by atoms with Crippen LogP contribution in [0.4, 0.5) is 11.5 Å². The fourth-order valence-corrected chi connectivity index (χ4v) is 1.59. The average Bonchev–Trinajstić information content (AvgIpc) is 2.44. The Morgan fingerprint density at radius 2 is 2.00 bits per heavy atom. The highest BCUT2D eigenvalue weighted by Crippen LogP contribution is 2.18. The van der Waals surface area contributed by atoms with Crippen LogP contribution in [0.25, 0.3) is 0 Å². The summed E-state index contributed by atoms with van der Waals surface area (Å²) in [6.07, 6.45) is 2.77. The van der Waals surface area contributed by atoms with E-state index in [0.717, 1.165) is 16.8 Å². The molecule has 2 rings (SSSR count). The van der Waals surface area contributed by atoms with Gasteiger partial charge in [-0.25, -0.2) is 15.8 Å². The minimum atomic E-state index is -0.301. The second-order valence-electron chi connectivity index (χ2n) is 4.13. The van der Waals surface area contributed by atoms with E-state index in [0.29, 0.717) is 5.82 Å². The van der Waals surface area contributed by atoms with Crippen LogP contribution >= 0.6 is 0 Å². The highest BCUT2D eigenvalue weighted by Gasteiger charge is 2.10. The van der Waals surface area contributed by atoms with E-state index in [-0.39, 0.29) is 11.6 Å². The first-order chi connectivity index (χ1) is 9.11. The summed E-state index contributed by atoms with van der Waals surface area (Å²) >= 11 is 0. The largest absolute Gasteiger partial charge is 0.320 e. The molecule has 1 aromatic carbocycles. The maximum atomic E-state index is 12.0. The van der Waals surface area contributed by atoms with Gasteiger partial charge in [-0.3, -0.25) is 4.79 Å². The smallest absolute Gasteiger partial charge is 0.275 e. The summed E-state index contributed by atoms with van der Waals surface area (Å²) in [6.45, 7) is 3.95. The number of nitrogens with zero attached hydrogens (tertiary/aromatic N) is 2. The molecule has 1 amide bonds. The van der Waals surface area contributed by atoms with Gasteiger partial charge in [0.05, 0.1) is 12.4 Å². The molecule has 0 fully saturated rings. The molecular weight excluding hydrogens is 242 g/mol. The third-order valence-electron chi connectivity index (χ3n) is 2.89. The van der Waals surface area contributed by atoms with Gasteiger partial charge in [-0.1, -0.05) is 12.1 Å². The predicted octanol–water partition coefficient (Wildman–Crippen LogP) is 1.63. The van der Waals surface area contributed by atoms with Crippen LogP contribution in [-0.2, 0) is 0 Å². The number of rotatable bonds is 3. The number of nitrogens with two attached hydrogens (primary N) is 1. The molecule has 2 aromatic rings. The van der Waals surface area contributed by atoms with Gasteiger partial charge in [-0.15, -0.1) is 0 Å². The van der Waals surface area contributed by atoms with E-state index in [2.05, 4.69) is 20.7 Å². The number of hydrogen-bond acceptors (Lipinski definition) is 5. The molecule has 1 heterocycles. The highest BCUT2D eigenvalue weighted by atomic mass is 16.1. The topological polar surface area (TPSA) is 92.9 Å². The second-order valence-corrected chi connectivity index (χ2v) is 4.13. The van der Waals surface area contributed by atoms with E-state index < -0.39 is 0 Å². The number of carbonyl (C=O) groups excluding carboxylic acids is 1. The Hall–Kier alpha value is -2.47. The van der Waals surface area contributed by atoms with E-state index in [1.54, 1.807) is 0 Å². The van der Waals surface area contributed by atoms with Gasteiger partial charge >= 0.3 is 0 Å². The molecule has 0 spiro atoms. The maximum absolute atomic E-state index is 12.0. The quantitative estimate of drug-likeness (QED) is 0.574. The zero-order chi connectivity index (χ0) is 13.8. The van der Waals surface area contributed by atoms with Crippen molar-refractivity contribution in [1.82, 2.24) is 9.97 Å². The molecule has 0 bridgehead atoms. The number of hydrogen-bond donors (Lipinski definition) is 3. The van der Waals surface area contributed by atoms with Crippen molar-refractivity contribution < 1.29 is 4.79 Å². The first-order valence-corrected chi connectivity index (χ1v) is 5.78. The van der Waals surface area contributed by atoms with E-state index in [4.69, 9.17) is 5.84 Å². The molecule has 0 radical (unpaired) electrons. The minimum absolute atomic E-state index is 0.236. The first kappa shape index (κ1) is 13.0. The van der Waals surface area contributed by atoms with Crippen molar-refractivity contribution >= 4 is 17.4 Å². The molecule has 1 aromatic heterocycles. The molecule has 0 aliphatic carbocycles. The molecule has 0 aliphatic heterocycles. The zero-order valence-corrected chi connectivity index (χ0v) is 10.8. The van der Waals surface area contributed by atoms with Crippen molar-refractivity contribution in [2.75, 3.05) is 10.7 Å². The standard InChI is InChI=1S/C13H15N5O/c1-8-4-3-5-10(9(8)2)17-13(19)11-6-16-12(18-14)7-15-11/h3-7H,14H2,1-2H3,(H,16,18)(H,17,19). The summed E-state index contributed by atoms with van der Waals surface area (Å²) in [5, 5.41) is 2.81. The van der Waals surface area contributed by atoms with Gasteiger partial charge in [0.15, 0.2) is 5.82 Å². The Labute approximate surface area is 111 Å². The van der Waals surface area contributed by atoms with Crippen LogP contribution in [0.1, 0.15) is 21.6 Å². The number of aromatic nitrogens is 2. The van der Waals surface area contributed by atoms with Gasteiger partial charge in [-0.05, 0) is 31.0 Å². The van der Waals surface area contributed by atoms with Gasteiger partial charge in [0, 0.05) is 5.69 Å². The number of nitrogen functional groups attached to an aromatic ring is 1. The van der Waals surface area contributed by atoms with E-state index in [1.807, 2.05) is 32.0 Å². The van der Waals surface area contributed by atoms with Crippen LogP contribution in [-0.4, -0.2) is 15.9 Å². The van der Waals surface area contributed by atoms with Gasteiger partial charge < -0.3 is 10.7 Å². The fourth-order valence-electron chi connectivity index (χ4n) is 1.59. The summed E-state index contributed by atoms with van der Waals surface area (Å²) in [5.74, 6) is 5.29. The van der Waals surface area contributed by atoms with E-state index in [1.165, 1.54) is 12.4 Å². The summed E-state index contributed by atoms with van der Waals surface area (Å²) < 4.78 is 0. The number of benzene rings is 1. The Kier molecular flexibility index (Phi) is 3.72. The fraction of sp³-hybridized carbons (Fsp3) is 0.154. The Morgan fingerprint density at radius 1 is 1.21 bits per heavy atom. The highest BCUT2D eigenvalue weighted by molar-refractivity contribution is 6.03. The summed E-state index contributed by atoms with van der Waals surface area (Å²) in [4.78, 5) is 19.9. The molecule has 0 saturated heterocycles. The van der Waals surface area contributed by atoms with Crippen LogP contribution in [0.3, 0.4) is 0 Å². The normalized spacial score (nSPS) is 10.1. The van der Waals surface area contributed by atoms with Gasteiger partial charge in [0.1, 0.15) is 5.69 Å². The number of carbonyl (C=O) groups is 1. The van der Waals surface area contributed by atoms with Crippen LogP contribution in [0.15, 0.2) is 30.6 Å². The van der Waals surface area contributed by atoms with Crippen molar-refractivity contribution in [3.05, 3.63) is 47.4 Å². The molecule has 6 heteroatoms. The van der Waals surface area contributed by atoms with Crippen LogP contribution in [0.2, 0.25) is 0 Å². The van der Waals surface area contributed by atoms with Gasteiger partial charge in [0.25, 0.3) is 5.91 Å². The Bertz CT molecular complexity index is 594. The molecule has 0 unspecified atom stereocenters. The number of nitrogens with one attached hydrogen (secondary N) is 2. The maximum Gasteiger partial charge on any atom is 0.275 e. The number of hydrazine groups is 1. The second kappa shape index (κ2) is 5.45. The minimum Gasteiger partial charge on any atom is -0.320 e. The summed E-state index contributed by atoms with van der Waals surface area (Å²) in [5.41, 5.74) is 5.51. The van der Waals surface area contributed by atoms with Crippen molar-refractivity contribution in [2.45, 2.75) is 13.8 Å². The molecule has 19 heavy (non-hydrogen) atoms. The summed E-state index contributed by atoms with van der Waals surface area (Å²) in [6, 6.07) is 5.74. The number of anilines is 2. The van der Waals surface area contributed by atoms with Crippen molar-refractivity contribution in [3.8, 4) is 0 Å². The monoisotopic (exact) mass is 257 g/mol. The van der Waals surface area contributed by atoms with Gasteiger partial charge in [0.2, 0.25) is 0 Å². The molecular formula is C13H15N5O. The van der Waals surface area contributed by atoms with Gasteiger partial charge in [-0.2, -0.15) is 0 Å². The first-order valence-electron chi connectivity index (χ1n) is 5.78. The molecule has 6 nitrogen and oxygen atoms in total. The van der Waals surface area contributed by atoms with Crippen molar-refractivity contribution in [1.29, 1.82) is 0 Å². The lowest BCUT2D eigenvalue weighted by Crippen LogP contribution is -2.16. The van der Waals surface area contributed by atoms with Crippen LogP contribution in [0.5, 0.6) is 0 Å². The SMILES string of the molecule is Cc1cccc(NC(=O)c2cnc(NN)cn2)c1C. The van der Waals surface area contributed by atoms with E-state index in [9.17, 15) is 4.79 Å². The predicted molar refractivity (Wildman–Crippen MR) is 73.7 cm³/mol. The Balaban J connectivity index is 2.18. The molecule has 4 N–H and O–H groups in total. The lowest BCUT2D eigenvalue weighted by Gasteiger charge is -2.09. The average molecular weight is 257 g/mol. The molecule has 0 aliphatic rings. The third kappa shape index (κ3) is 2.86. The molecule has 98 valence electrons. The lowest BCUT2D eigenvalue weighted by molar-refractivity contribution is 0.102. The number of amides is 1. The van der Waals surface area contributed by atoms with Crippen LogP contribution in [0, 0.1) is 13.8 Å². The van der Waals surface area contributed by atoms with E-state index >= 15 is 0 Å². The Morgan fingerprint density at radius 3 is 2.63 bits per heavy atom. The number of aryl methyl sites for hydroxylation is 1. The zero-order valence-electron chi connectivity index (χ0n) is 10.8. The summed E-state index contributed by atoms with van der Waals surface area (Å²) in [7, 11) is 0. The molecule has 0 saturated carbocycles. The third-order valence-corrected chi connectivity index (χ3v) is 2.89.